The first-order valence-corrected chi connectivity index (χ1v) is 11.4. The van der Waals surface area contributed by atoms with Crippen molar-refractivity contribution in [2.24, 2.45) is 11.8 Å². The van der Waals surface area contributed by atoms with Gasteiger partial charge in [-0.1, -0.05) is 0 Å². The van der Waals surface area contributed by atoms with E-state index in [9.17, 15) is 0 Å². The van der Waals surface area contributed by atoms with Crippen molar-refractivity contribution in [3.05, 3.63) is 42.0 Å². The molecule has 2 saturated carbocycles. The molecule has 2 fully saturated rings. The Morgan fingerprint density at radius 3 is 1.43 bits per heavy atom. The van der Waals surface area contributed by atoms with E-state index in [0.717, 1.165) is 11.8 Å². The van der Waals surface area contributed by atoms with Gasteiger partial charge in [0.2, 0.25) is 0 Å². The summed E-state index contributed by atoms with van der Waals surface area (Å²) in [7, 11) is 0. The summed E-state index contributed by atoms with van der Waals surface area (Å²) in [5, 5.41) is 0. The van der Waals surface area contributed by atoms with Crippen LogP contribution < -0.4 is 0 Å². The van der Waals surface area contributed by atoms with Crippen LogP contribution in [0.2, 0.25) is 0 Å². The molecular formula is C20H28Cl2Zr. The van der Waals surface area contributed by atoms with Gasteiger partial charge in [0, 0.05) is 0 Å². The minimum absolute atomic E-state index is 0. The summed E-state index contributed by atoms with van der Waals surface area (Å²) in [5.41, 5.74) is 3.62. The first-order valence-electron chi connectivity index (χ1n) is 8.98. The van der Waals surface area contributed by atoms with E-state index in [-0.39, 0.29) is 24.8 Å². The van der Waals surface area contributed by atoms with Crippen LogP contribution in [0.5, 0.6) is 0 Å². The second-order valence-corrected chi connectivity index (χ2v) is 10.8. The molecule has 0 spiro atoms. The second-order valence-electron chi connectivity index (χ2n) is 7.17. The fraction of sp³-hybridized carbons (Fsp3) is 0.600. The Balaban J connectivity index is 0.000000960. The molecule has 0 N–H and O–H groups in total. The van der Waals surface area contributed by atoms with Gasteiger partial charge in [-0.15, -0.1) is 24.8 Å². The Morgan fingerprint density at radius 2 is 1.04 bits per heavy atom. The first kappa shape index (κ1) is 19.7. The third-order valence-electron chi connectivity index (χ3n) is 5.83. The van der Waals surface area contributed by atoms with Crippen molar-refractivity contribution in [2.75, 3.05) is 0 Å². The molecule has 0 saturated heterocycles. The summed E-state index contributed by atoms with van der Waals surface area (Å²) in [6, 6.07) is 0. The second kappa shape index (κ2) is 9.21. The van der Waals surface area contributed by atoms with Crippen molar-refractivity contribution in [1.82, 2.24) is 0 Å². The monoisotopic (exact) mass is 428 g/mol. The van der Waals surface area contributed by atoms with E-state index in [2.05, 4.69) is 24.3 Å². The molecule has 0 heterocycles. The van der Waals surface area contributed by atoms with E-state index in [1.165, 1.54) is 64.2 Å². The van der Waals surface area contributed by atoms with Crippen molar-refractivity contribution in [2.45, 2.75) is 64.2 Å². The topological polar surface area (TPSA) is 0 Å². The van der Waals surface area contributed by atoms with Crippen LogP contribution in [0, 0.1) is 11.8 Å². The van der Waals surface area contributed by atoms with Gasteiger partial charge in [0.1, 0.15) is 0 Å². The Hall–Kier alpha value is 0.423. The molecule has 4 rings (SSSR count). The summed E-state index contributed by atoms with van der Waals surface area (Å²) >= 11 is -0.486. The zero-order chi connectivity index (χ0) is 14.1. The molecular weight excluding hydrogens is 402 g/mol. The smallest absolute Gasteiger partial charge is 0.147 e. The summed E-state index contributed by atoms with van der Waals surface area (Å²) in [5.74, 6) is 1.87. The molecule has 0 aromatic rings. The van der Waals surface area contributed by atoms with E-state index < -0.39 is 23.2 Å². The molecule has 0 aromatic carbocycles. The van der Waals surface area contributed by atoms with Gasteiger partial charge in [-0.25, -0.2) is 0 Å². The number of allylic oxidation sites excluding steroid dienone is 8. The van der Waals surface area contributed by atoms with Crippen LogP contribution in [0.1, 0.15) is 64.2 Å². The Bertz CT molecular complexity index is 482. The zero-order valence-corrected chi connectivity index (χ0v) is 17.9. The summed E-state index contributed by atoms with van der Waals surface area (Å²) in [6.45, 7) is 0. The molecule has 0 aromatic heterocycles. The fourth-order valence-corrected chi connectivity index (χ4v) is 8.81. The van der Waals surface area contributed by atoms with Crippen LogP contribution >= 0.6 is 24.8 Å². The first-order chi connectivity index (χ1) is 10.4. The average molecular weight is 431 g/mol. The number of hydrogen-bond donors (Lipinski definition) is 0. The molecule has 3 heteroatoms. The largest absolute Gasteiger partial charge is 0.147 e. The number of rotatable bonds is 4. The summed E-state index contributed by atoms with van der Waals surface area (Å²) in [4.78, 5) is 0. The van der Waals surface area contributed by atoms with Crippen molar-refractivity contribution >= 4 is 24.8 Å². The van der Waals surface area contributed by atoms with Gasteiger partial charge in [0.15, 0.2) is 0 Å². The number of hydrogen-bond acceptors (Lipinski definition) is 0. The van der Waals surface area contributed by atoms with Crippen LogP contribution in [0.4, 0.5) is 0 Å². The van der Waals surface area contributed by atoms with Gasteiger partial charge in [-0.2, -0.15) is 0 Å². The van der Waals surface area contributed by atoms with Gasteiger partial charge in [0.05, 0.1) is 0 Å². The van der Waals surface area contributed by atoms with E-state index in [0.29, 0.717) is 0 Å². The molecule has 23 heavy (non-hydrogen) atoms. The molecule has 126 valence electrons. The Kier molecular flexibility index (Phi) is 7.91. The van der Waals surface area contributed by atoms with Crippen LogP contribution in [-0.2, 0) is 23.2 Å². The summed E-state index contributed by atoms with van der Waals surface area (Å²) in [6.07, 6.45) is 24.3. The molecule has 0 atom stereocenters. The third-order valence-corrected chi connectivity index (χ3v) is 9.73. The van der Waals surface area contributed by atoms with Gasteiger partial charge in [-0.3, -0.25) is 0 Å². The standard InChI is InChI=1S/2C10H13.2ClH.Zr/c2*1-2-6-9(5-1)10-7-3-4-8-10;;;/h2*1,5,10H,2-4,7-8H2;2*1H;. The van der Waals surface area contributed by atoms with Crippen molar-refractivity contribution in [3.8, 4) is 0 Å². The minimum Gasteiger partial charge on any atom is -0.147 e. The SMILES string of the molecule is C1=CC(C2CCCC2)=[C]([Zr][C]2=C(C3CCCC3)C=CC2)C1.Cl.Cl. The van der Waals surface area contributed by atoms with Crippen LogP contribution in [-0.4, -0.2) is 0 Å². The average Bonchev–Trinajstić information content (AvgIpc) is 3.28. The van der Waals surface area contributed by atoms with Gasteiger partial charge < -0.3 is 0 Å². The normalized spacial score (nSPS) is 24.5. The molecule has 0 amide bonds. The van der Waals surface area contributed by atoms with Crippen LogP contribution in [0.3, 0.4) is 0 Å². The third kappa shape index (κ3) is 4.34. The van der Waals surface area contributed by atoms with E-state index in [1.807, 2.05) is 17.7 Å². The zero-order valence-electron chi connectivity index (χ0n) is 13.9. The molecule has 0 aliphatic heterocycles. The van der Waals surface area contributed by atoms with E-state index >= 15 is 0 Å². The maximum atomic E-state index is 2.50. The van der Waals surface area contributed by atoms with Gasteiger partial charge in [-0.05, 0) is 0 Å². The molecule has 0 nitrogen and oxygen atoms in total. The van der Waals surface area contributed by atoms with Crippen LogP contribution in [0.15, 0.2) is 42.0 Å². The predicted molar refractivity (Wildman–Crippen MR) is 100.0 cm³/mol. The Morgan fingerprint density at radius 1 is 0.652 bits per heavy atom. The number of halogens is 2. The maximum absolute atomic E-state index is 2.50. The van der Waals surface area contributed by atoms with Crippen LogP contribution in [0.25, 0.3) is 0 Å². The molecule has 4 aliphatic carbocycles. The van der Waals surface area contributed by atoms with Crippen molar-refractivity contribution in [3.63, 3.8) is 0 Å². The molecule has 0 unspecified atom stereocenters. The van der Waals surface area contributed by atoms with Crippen molar-refractivity contribution < 1.29 is 23.2 Å². The molecule has 0 radical (unpaired) electrons. The Labute approximate surface area is 165 Å². The maximum Gasteiger partial charge on any atom is -0.147 e. The van der Waals surface area contributed by atoms with E-state index in [1.54, 1.807) is 0 Å². The molecule has 4 aliphatic rings. The molecule has 0 bridgehead atoms. The predicted octanol–water partition coefficient (Wildman–Crippen LogP) is 6.72. The van der Waals surface area contributed by atoms with E-state index in [4.69, 9.17) is 0 Å². The quantitative estimate of drug-likeness (QED) is 0.464. The van der Waals surface area contributed by atoms with Gasteiger partial charge in [0.25, 0.3) is 0 Å². The van der Waals surface area contributed by atoms with Gasteiger partial charge >= 0.3 is 141 Å². The summed E-state index contributed by atoms with van der Waals surface area (Å²) < 4.78 is 3.86. The van der Waals surface area contributed by atoms with Crippen molar-refractivity contribution in [1.29, 1.82) is 0 Å². The minimum atomic E-state index is -0.486. The fourth-order valence-electron chi connectivity index (χ4n) is 4.71.